The van der Waals surface area contributed by atoms with E-state index in [0.29, 0.717) is 16.0 Å². The maximum absolute atomic E-state index is 13.6. The maximum Gasteiger partial charge on any atom is 0.439 e. The minimum atomic E-state index is -2.29. The maximum atomic E-state index is 13.6. The van der Waals surface area contributed by atoms with Crippen LogP contribution < -0.4 is 0 Å². The second kappa shape index (κ2) is 11.9. The number of allylic oxidation sites excluding steroid dienone is 1. The second-order valence-corrected chi connectivity index (χ2v) is 11.0. The second-order valence-electron chi connectivity index (χ2n) is 9.96. The topological polar surface area (TPSA) is 154 Å². The lowest BCUT2D eigenvalue weighted by molar-refractivity contribution is -0.0281. The summed E-state index contributed by atoms with van der Waals surface area (Å²) in [6, 6.07) is 21.2. The SMILES string of the molecule is CCOC(=O)N1SC2=CC(c3ccc(C)cc3)C(C#N)(C#N)C(C#N)(C#N)C2C(c2ccc(C)cc2)N1C(=O)OCC. The number of hydrogen-bond donors (Lipinski definition) is 0. The molecule has 3 unspecified atom stereocenters. The molecule has 42 heavy (non-hydrogen) atoms. The molecule has 1 aliphatic carbocycles. The molecule has 3 atom stereocenters. The van der Waals surface area contributed by atoms with Crippen molar-refractivity contribution in [1.82, 2.24) is 9.42 Å². The van der Waals surface area contributed by atoms with Gasteiger partial charge in [-0.25, -0.2) is 9.59 Å². The Kier molecular flexibility index (Phi) is 8.48. The molecule has 0 N–H and O–H groups in total. The molecule has 0 bridgehead atoms. The van der Waals surface area contributed by atoms with E-state index in [1.54, 1.807) is 56.3 Å². The number of nitriles is 4. The number of rotatable bonds is 4. The van der Waals surface area contributed by atoms with Crippen LogP contribution in [-0.4, -0.2) is 34.8 Å². The number of carbonyl (C=O) groups is 2. The quantitative estimate of drug-likeness (QED) is 0.384. The van der Waals surface area contributed by atoms with Gasteiger partial charge < -0.3 is 9.47 Å². The number of hydrogen-bond acceptors (Lipinski definition) is 9. The van der Waals surface area contributed by atoms with Gasteiger partial charge in [0, 0.05) is 22.8 Å². The fraction of sp³-hybridized carbons (Fsp3) is 0.355. The summed E-state index contributed by atoms with van der Waals surface area (Å²) in [5.74, 6) is -2.22. The Labute approximate surface area is 249 Å². The van der Waals surface area contributed by atoms with E-state index >= 15 is 0 Å². The molecule has 0 radical (unpaired) electrons. The van der Waals surface area contributed by atoms with Crippen molar-refractivity contribution in [3.8, 4) is 24.3 Å². The monoisotopic (exact) mass is 580 g/mol. The predicted molar refractivity (Wildman–Crippen MR) is 152 cm³/mol. The van der Waals surface area contributed by atoms with E-state index < -0.39 is 40.9 Å². The zero-order valence-electron chi connectivity index (χ0n) is 23.6. The smallest absolute Gasteiger partial charge is 0.439 e. The van der Waals surface area contributed by atoms with Crippen molar-refractivity contribution < 1.29 is 19.1 Å². The lowest BCUT2D eigenvalue weighted by Crippen LogP contribution is -2.60. The van der Waals surface area contributed by atoms with Gasteiger partial charge in [-0.1, -0.05) is 65.7 Å². The van der Waals surface area contributed by atoms with E-state index in [-0.39, 0.29) is 13.2 Å². The van der Waals surface area contributed by atoms with Crippen LogP contribution in [-0.2, 0) is 9.47 Å². The minimum Gasteiger partial charge on any atom is -0.448 e. The first kappa shape index (κ1) is 30.0. The van der Waals surface area contributed by atoms with Crippen LogP contribution in [0.25, 0.3) is 0 Å². The molecule has 2 aromatic rings. The first-order valence-electron chi connectivity index (χ1n) is 13.3. The van der Waals surface area contributed by atoms with Crippen molar-refractivity contribution in [1.29, 1.82) is 21.0 Å². The highest BCUT2D eigenvalue weighted by Crippen LogP contribution is 2.66. The van der Waals surface area contributed by atoms with Crippen LogP contribution in [0.5, 0.6) is 0 Å². The number of fused-ring (bicyclic) bond motifs is 1. The third-order valence-electron chi connectivity index (χ3n) is 7.60. The molecule has 2 amide bonds. The molecule has 0 aromatic heterocycles. The number of hydrazine groups is 1. The van der Waals surface area contributed by atoms with Crippen LogP contribution in [0.1, 0.15) is 48.1 Å². The molecule has 10 nitrogen and oxygen atoms in total. The fourth-order valence-corrected chi connectivity index (χ4v) is 6.75. The van der Waals surface area contributed by atoms with E-state index in [9.17, 15) is 30.6 Å². The molecule has 0 saturated carbocycles. The van der Waals surface area contributed by atoms with Gasteiger partial charge in [-0.05, 0) is 38.8 Å². The van der Waals surface area contributed by atoms with Gasteiger partial charge in [0.1, 0.15) is 0 Å². The van der Waals surface area contributed by atoms with Gasteiger partial charge in [0.25, 0.3) is 0 Å². The van der Waals surface area contributed by atoms with Crippen molar-refractivity contribution >= 4 is 24.1 Å². The predicted octanol–water partition coefficient (Wildman–Crippen LogP) is 6.20. The first-order valence-corrected chi connectivity index (χ1v) is 14.1. The van der Waals surface area contributed by atoms with Gasteiger partial charge >= 0.3 is 12.2 Å². The Morgan fingerprint density at radius 1 is 0.786 bits per heavy atom. The molecule has 2 aliphatic rings. The summed E-state index contributed by atoms with van der Waals surface area (Å²) in [5.41, 5.74) is -1.61. The summed E-state index contributed by atoms with van der Waals surface area (Å²) in [5, 5.41) is 44.0. The average molecular weight is 581 g/mol. The zero-order valence-corrected chi connectivity index (χ0v) is 24.4. The molecule has 1 aliphatic heterocycles. The summed E-state index contributed by atoms with van der Waals surface area (Å²) < 4.78 is 11.7. The molecular weight excluding hydrogens is 552 g/mol. The highest BCUT2D eigenvalue weighted by Gasteiger charge is 2.70. The summed E-state index contributed by atoms with van der Waals surface area (Å²) in [4.78, 5) is 27.3. The lowest BCUT2D eigenvalue weighted by Gasteiger charge is -2.54. The minimum absolute atomic E-state index is 0.0164. The van der Waals surface area contributed by atoms with E-state index in [1.165, 1.54) is 0 Å². The van der Waals surface area contributed by atoms with Crippen LogP contribution in [0, 0.1) is 75.9 Å². The van der Waals surface area contributed by atoms with Crippen molar-refractivity contribution in [2.75, 3.05) is 13.2 Å². The van der Waals surface area contributed by atoms with Crippen molar-refractivity contribution in [2.45, 2.75) is 39.7 Å². The molecule has 2 aromatic carbocycles. The molecule has 4 rings (SSSR count). The molecule has 212 valence electrons. The Morgan fingerprint density at radius 3 is 1.74 bits per heavy atom. The van der Waals surface area contributed by atoms with Gasteiger partial charge in [-0.2, -0.15) is 26.1 Å². The van der Waals surface area contributed by atoms with Gasteiger partial charge in [-0.15, -0.1) is 4.41 Å². The number of benzene rings is 2. The molecule has 11 heteroatoms. The van der Waals surface area contributed by atoms with Crippen LogP contribution in [0.15, 0.2) is 59.5 Å². The Balaban J connectivity index is 2.12. The van der Waals surface area contributed by atoms with Crippen molar-refractivity contribution in [2.24, 2.45) is 16.7 Å². The van der Waals surface area contributed by atoms with E-state index in [0.717, 1.165) is 32.5 Å². The van der Waals surface area contributed by atoms with E-state index in [4.69, 9.17) is 9.47 Å². The summed E-state index contributed by atoms with van der Waals surface area (Å²) in [7, 11) is 0. The third kappa shape index (κ3) is 4.59. The van der Waals surface area contributed by atoms with E-state index in [1.807, 2.05) is 26.0 Å². The van der Waals surface area contributed by atoms with Gasteiger partial charge in [0.15, 0.2) is 10.8 Å². The Bertz CT molecular complexity index is 1550. The molecule has 1 heterocycles. The average Bonchev–Trinajstić information content (AvgIpc) is 3.00. The Hall–Kier alpha value is -4.97. The summed E-state index contributed by atoms with van der Waals surface area (Å²) in [6.07, 6.45) is -0.126. The summed E-state index contributed by atoms with van der Waals surface area (Å²) in [6.45, 7) is 6.98. The van der Waals surface area contributed by atoms with Gasteiger partial charge in [0.2, 0.25) is 0 Å². The highest BCUT2D eigenvalue weighted by molar-refractivity contribution is 8.01. The number of aryl methyl sites for hydroxylation is 2. The standard InChI is InChI=1S/C31H28N6O4S/c1-5-40-28(38)36-27(23-13-9-21(4)10-14-23)26-25(42-37(36)29(39)41-6-2)15-24(22-11-7-20(3)8-12-22)30(16-32,17-33)31(26,18-34)19-35/h7-15,24,26-27H,5-6H2,1-4H3. The van der Waals surface area contributed by atoms with Crippen LogP contribution >= 0.6 is 11.9 Å². The molecule has 0 spiro atoms. The first-order chi connectivity index (χ1) is 20.2. The molecule has 1 fully saturated rings. The normalized spacial score (nSPS) is 21.7. The van der Waals surface area contributed by atoms with Crippen molar-refractivity contribution in [3.05, 3.63) is 81.8 Å². The fourth-order valence-electron chi connectivity index (χ4n) is 5.55. The third-order valence-corrected chi connectivity index (χ3v) is 8.70. The molecule has 1 saturated heterocycles. The lowest BCUT2D eigenvalue weighted by atomic mass is 9.49. The van der Waals surface area contributed by atoms with Crippen LogP contribution in [0.4, 0.5) is 9.59 Å². The zero-order chi connectivity index (χ0) is 30.7. The van der Waals surface area contributed by atoms with Crippen molar-refractivity contribution in [3.63, 3.8) is 0 Å². The molecular formula is C31H28N6O4S. The number of ether oxygens (including phenoxy) is 2. The van der Waals surface area contributed by atoms with E-state index in [2.05, 4.69) is 24.3 Å². The summed E-state index contributed by atoms with van der Waals surface area (Å²) >= 11 is 0.808. The Morgan fingerprint density at radius 2 is 1.26 bits per heavy atom. The number of carbonyl (C=O) groups excluding carboxylic acids is 2. The number of amides is 2. The van der Waals surface area contributed by atoms with Gasteiger partial charge in [0.05, 0.1) is 49.5 Å². The van der Waals surface area contributed by atoms with Gasteiger partial charge in [-0.3, -0.25) is 0 Å². The largest absolute Gasteiger partial charge is 0.448 e. The van der Waals surface area contributed by atoms with Crippen LogP contribution in [0.3, 0.4) is 0 Å². The highest BCUT2D eigenvalue weighted by atomic mass is 32.2. The number of nitrogens with zero attached hydrogens (tertiary/aromatic N) is 6. The van der Waals surface area contributed by atoms with Crippen LogP contribution in [0.2, 0.25) is 0 Å².